The normalized spacial score (nSPS) is 37.4. The smallest absolute Gasteiger partial charge is 0.248 e. The number of nitrogens with zero attached hydrogens (tertiary/aromatic N) is 2. The number of fused-ring (bicyclic) bond motifs is 2. The predicted molar refractivity (Wildman–Crippen MR) is 75.8 cm³/mol. The lowest BCUT2D eigenvalue weighted by atomic mass is 9.68. The number of carbonyl (C=O) groups is 2. The molecule has 5 nitrogen and oxygen atoms in total. The Balaban J connectivity index is 1.75. The SMILES string of the molecule is CN1CCN(NC(=O)C23CCC(CC2=O)C3(C)C)CC1. The third-order valence-corrected chi connectivity index (χ3v) is 6.05. The van der Waals surface area contributed by atoms with Gasteiger partial charge in [0.25, 0.3) is 0 Å². The second-order valence-corrected chi connectivity index (χ2v) is 7.22. The van der Waals surface area contributed by atoms with Gasteiger partial charge in [0.15, 0.2) is 0 Å². The summed E-state index contributed by atoms with van der Waals surface area (Å²) in [6.45, 7) is 7.76. The fraction of sp³-hybridized carbons (Fsp3) is 0.867. The molecule has 3 rings (SSSR count). The van der Waals surface area contributed by atoms with E-state index >= 15 is 0 Å². The number of hydrazine groups is 1. The predicted octanol–water partition coefficient (Wildman–Crippen LogP) is 0.660. The average molecular weight is 279 g/mol. The third-order valence-electron chi connectivity index (χ3n) is 6.05. The minimum absolute atomic E-state index is 0.0583. The number of hydrogen-bond donors (Lipinski definition) is 1. The Hall–Kier alpha value is -0.940. The maximum Gasteiger partial charge on any atom is 0.248 e. The molecular formula is C15H25N3O2. The molecule has 0 aromatic carbocycles. The summed E-state index contributed by atoms with van der Waals surface area (Å²) in [5, 5.41) is 1.98. The van der Waals surface area contributed by atoms with E-state index in [2.05, 4.69) is 31.2 Å². The van der Waals surface area contributed by atoms with Gasteiger partial charge in [0.05, 0.1) is 0 Å². The highest BCUT2D eigenvalue weighted by molar-refractivity contribution is 6.09. The van der Waals surface area contributed by atoms with Crippen LogP contribution in [0.1, 0.15) is 33.1 Å². The van der Waals surface area contributed by atoms with Crippen LogP contribution >= 0.6 is 0 Å². The Bertz CT molecular complexity index is 440. The largest absolute Gasteiger partial charge is 0.304 e. The molecule has 0 radical (unpaired) electrons. The summed E-state index contributed by atoms with van der Waals surface area (Å²) < 4.78 is 0. The Morgan fingerprint density at radius 2 is 1.90 bits per heavy atom. The van der Waals surface area contributed by atoms with Gasteiger partial charge in [0.1, 0.15) is 11.2 Å². The molecule has 112 valence electrons. The lowest BCUT2D eigenvalue weighted by molar-refractivity contribution is -0.149. The summed E-state index contributed by atoms with van der Waals surface area (Å²) in [4.78, 5) is 27.5. The van der Waals surface area contributed by atoms with Gasteiger partial charge < -0.3 is 4.90 Å². The van der Waals surface area contributed by atoms with Crippen LogP contribution in [0.3, 0.4) is 0 Å². The summed E-state index contributed by atoms with van der Waals surface area (Å²) in [5.41, 5.74) is 2.06. The van der Waals surface area contributed by atoms with Crippen molar-refractivity contribution in [2.75, 3.05) is 33.2 Å². The van der Waals surface area contributed by atoms with Crippen molar-refractivity contribution in [3.05, 3.63) is 0 Å². The molecule has 2 saturated carbocycles. The van der Waals surface area contributed by atoms with Crippen molar-refractivity contribution >= 4 is 11.7 Å². The molecule has 1 heterocycles. The van der Waals surface area contributed by atoms with Gasteiger partial charge in [0.2, 0.25) is 5.91 Å². The van der Waals surface area contributed by atoms with Crippen LogP contribution in [-0.2, 0) is 9.59 Å². The number of ketones is 1. The van der Waals surface area contributed by atoms with Gasteiger partial charge in [-0.3, -0.25) is 15.0 Å². The molecule has 2 aliphatic carbocycles. The molecule has 2 atom stereocenters. The lowest BCUT2D eigenvalue weighted by Crippen LogP contribution is -2.58. The molecule has 2 unspecified atom stereocenters. The number of hydrogen-bond acceptors (Lipinski definition) is 4. The summed E-state index contributed by atoms with van der Waals surface area (Å²) in [7, 11) is 2.09. The molecule has 0 aromatic heterocycles. The number of Topliss-reactive ketones (excluding diaryl/α,β-unsaturated/α-hetero) is 1. The van der Waals surface area contributed by atoms with Crippen molar-refractivity contribution in [2.24, 2.45) is 16.7 Å². The van der Waals surface area contributed by atoms with Crippen molar-refractivity contribution in [2.45, 2.75) is 33.1 Å². The van der Waals surface area contributed by atoms with Gasteiger partial charge in [0, 0.05) is 32.6 Å². The summed E-state index contributed by atoms with van der Waals surface area (Å²) >= 11 is 0. The average Bonchev–Trinajstić information content (AvgIpc) is 2.76. The Kier molecular flexibility index (Phi) is 3.18. The molecule has 1 aliphatic heterocycles. The van der Waals surface area contributed by atoms with Gasteiger partial charge in [-0.15, -0.1) is 0 Å². The van der Waals surface area contributed by atoms with Crippen molar-refractivity contribution in [3.8, 4) is 0 Å². The van der Waals surface area contributed by atoms with E-state index in [4.69, 9.17) is 0 Å². The highest BCUT2D eigenvalue weighted by Gasteiger charge is 2.68. The van der Waals surface area contributed by atoms with Crippen molar-refractivity contribution < 1.29 is 9.59 Å². The molecule has 5 heteroatoms. The van der Waals surface area contributed by atoms with E-state index in [1.165, 1.54) is 0 Å². The van der Waals surface area contributed by atoms with E-state index in [9.17, 15) is 9.59 Å². The molecular weight excluding hydrogens is 254 g/mol. The van der Waals surface area contributed by atoms with Crippen LogP contribution in [0.2, 0.25) is 0 Å². The van der Waals surface area contributed by atoms with E-state index in [-0.39, 0.29) is 17.1 Å². The monoisotopic (exact) mass is 279 g/mol. The zero-order valence-electron chi connectivity index (χ0n) is 12.7. The minimum atomic E-state index is -0.777. The number of likely N-dealkylation sites (N-methyl/N-ethyl adjacent to an activating group) is 1. The second-order valence-electron chi connectivity index (χ2n) is 7.22. The van der Waals surface area contributed by atoms with Crippen LogP contribution in [0, 0.1) is 16.7 Å². The fourth-order valence-electron chi connectivity index (χ4n) is 4.37. The first-order valence-electron chi connectivity index (χ1n) is 7.66. The number of nitrogens with one attached hydrogen (secondary N) is 1. The zero-order valence-corrected chi connectivity index (χ0v) is 12.7. The van der Waals surface area contributed by atoms with E-state index in [1.54, 1.807) is 0 Å². The molecule has 0 aromatic rings. The number of rotatable bonds is 2. The highest BCUT2D eigenvalue weighted by Crippen LogP contribution is 2.63. The number of carbonyl (C=O) groups excluding carboxylic acids is 2. The Morgan fingerprint density at radius 3 is 2.40 bits per heavy atom. The van der Waals surface area contributed by atoms with Crippen LogP contribution in [-0.4, -0.2) is 54.8 Å². The van der Waals surface area contributed by atoms with Crippen LogP contribution in [0.25, 0.3) is 0 Å². The van der Waals surface area contributed by atoms with Gasteiger partial charge in [-0.25, -0.2) is 5.01 Å². The molecule has 2 bridgehead atoms. The summed E-state index contributed by atoms with van der Waals surface area (Å²) in [5.74, 6) is 0.482. The van der Waals surface area contributed by atoms with Crippen molar-refractivity contribution in [1.29, 1.82) is 0 Å². The van der Waals surface area contributed by atoms with E-state index < -0.39 is 5.41 Å². The first-order valence-corrected chi connectivity index (χ1v) is 7.66. The number of amides is 1. The maximum absolute atomic E-state index is 12.8. The van der Waals surface area contributed by atoms with Gasteiger partial charge in [-0.2, -0.15) is 0 Å². The molecule has 0 spiro atoms. The molecule has 1 amide bonds. The molecule has 20 heavy (non-hydrogen) atoms. The molecule has 3 fully saturated rings. The quantitative estimate of drug-likeness (QED) is 0.755. The Morgan fingerprint density at radius 1 is 1.25 bits per heavy atom. The van der Waals surface area contributed by atoms with Gasteiger partial charge in [-0.1, -0.05) is 13.8 Å². The summed E-state index contributed by atoms with van der Waals surface area (Å²) in [6.07, 6.45) is 2.32. The van der Waals surface area contributed by atoms with Crippen LogP contribution in [0.5, 0.6) is 0 Å². The van der Waals surface area contributed by atoms with E-state index in [1.807, 2.05) is 5.01 Å². The Labute approximate surface area is 120 Å². The van der Waals surface area contributed by atoms with Gasteiger partial charge in [-0.05, 0) is 31.2 Å². The summed E-state index contributed by atoms with van der Waals surface area (Å²) in [6, 6.07) is 0. The number of piperazine rings is 1. The third kappa shape index (κ3) is 1.76. The van der Waals surface area contributed by atoms with Crippen molar-refractivity contribution in [3.63, 3.8) is 0 Å². The first-order chi connectivity index (χ1) is 9.38. The molecule has 1 N–H and O–H groups in total. The standard InChI is InChI=1S/C15H25N3O2/c1-14(2)11-4-5-15(14,12(19)10-11)13(20)16-18-8-6-17(3)7-9-18/h11H,4-10H2,1-3H3,(H,16,20). The molecule has 1 saturated heterocycles. The minimum Gasteiger partial charge on any atom is -0.304 e. The van der Waals surface area contributed by atoms with Crippen LogP contribution < -0.4 is 5.43 Å². The van der Waals surface area contributed by atoms with Crippen molar-refractivity contribution in [1.82, 2.24) is 15.3 Å². The highest BCUT2D eigenvalue weighted by atomic mass is 16.2. The van der Waals surface area contributed by atoms with Crippen LogP contribution in [0.15, 0.2) is 0 Å². The van der Waals surface area contributed by atoms with E-state index in [0.717, 1.165) is 39.0 Å². The second kappa shape index (κ2) is 4.53. The lowest BCUT2D eigenvalue weighted by Gasteiger charge is -2.38. The topological polar surface area (TPSA) is 52.6 Å². The zero-order chi connectivity index (χ0) is 14.5. The van der Waals surface area contributed by atoms with Gasteiger partial charge >= 0.3 is 0 Å². The van der Waals surface area contributed by atoms with E-state index in [0.29, 0.717) is 12.3 Å². The van der Waals surface area contributed by atoms with Crippen LogP contribution in [0.4, 0.5) is 0 Å². The first kappa shape index (κ1) is 14.0. The maximum atomic E-state index is 12.8. The fourth-order valence-corrected chi connectivity index (χ4v) is 4.37. The molecule has 3 aliphatic rings.